The second-order valence-corrected chi connectivity index (χ2v) is 7.61. The summed E-state index contributed by atoms with van der Waals surface area (Å²) in [6, 6.07) is 16.5. The summed E-state index contributed by atoms with van der Waals surface area (Å²) < 4.78 is 29.4. The predicted octanol–water partition coefficient (Wildman–Crippen LogP) is 5.11. The predicted molar refractivity (Wildman–Crippen MR) is 120 cm³/mol. The summed E-state index contributed by atoms with van der Waals surface area (Å²) in [5, 5.41) is 8.96. The molecule has 166 valence electrons. The summed E-state index contributed by atoms with van der Waals surface area (Å²) in [5.74, 6) is 0.180. The van der Waals surface area contributed by atoms with Crippen LogP contribution in [0.15, 0.2) is 67.0 Å². The SMILES string of the molecule is CCn1cc(Cc2cc(OC)nn2-c2ccc(F)cc2[C@@H](C)OCc2ccccc2)cn1. The van der Waals surface area contributed by atoms with Gasteiger partial charge in [-0.15, -0.1) is 5.10 Å². The number of nitrogens with zero attached hydrogens (tertiary/aromatic N) is 4. The first-order valence-electron chi connectivity index (χ1n) is 10.7. The van der Waals surface area contributed by atoms with E-state index in [1.165, 1.54) is 12.1 Å². The van der Waals surface area contributed by atoms with Gasteiger partial charge in [0.15, 0.2) is 0 Å². The van der Waals surface area contributed by atoms with Crippen LogP contribution >= 0.6 is 0 Å². The third kappa shape index (κ3) is 4.89. The number of aryl methyl sites for hydroxylation is 1. The van der Waals surface area contributed by atoms with Gasteiger partial charge in [-0.2, -0.15) is 5.10 Å². The Morgan fingerprint density at radius 1 is 1.06 bits per heavy atom. The van der Waals surface area contributed by atoms with Gasteiger partial charge in [0, 0.05) is 30.8 Å². The maximum absolute atomic E-state index is 14.2. The molecule has 0 aliphatic heterocycles. The fraction of sp³-hybridized carbons (Fsp3) is 0.280. The first kappa shape index (κ1) is 21.8. The summed E-state index contributed by atoms with van der Waals surface area (Å²) in [4.78, 5) is 0. The Labute approximate surface area is 187 Å². The van der Waals surface area contributed by atoms with Crippen LogP contribution in [0.2, 0.25) is 0 Å². The number of ether oxygens (including phenoxy) is 2. The molecular weight excluding hydrogens is 407 g/mol. The minimum Gasteiger partial charge on any atom is -0.480 e. The Morgan fingerprint density at radius 3 is 2.59 bits per heavy atom. The van der Waals surface area contributed by atoms with Crippen molar-refractivity contribution in [1.29, 1.82) is 0 Å². The highest BCUT2D eigenvalue weighted by molar-refractivity contribution is 5.45. The zero-order valence-electron chi connectivity index (χ0n) is 18.5. The third-order valence-electron chi connectivity index (χ3n) is 5.36. The normalized spacial score (nSPS) is 12.1. The maximum Gasteiger partial charge on any atom is 0.233 e. The summed E-state index contributed by atoms with van der Waals surface area (Å²) in [6.07, 6.45) is 4.14. The Bertz CT molecular complexity index is 1170. The van der Waals surface area contributed by atoms with Crippen LogP contribution in [0.25, 0.3) is 5.69 Å². The molecule has 0 saturated heterocycles. The monoisotopic (exact) mass is 434 g/mol. The Kier molecular flexibility index (Phi) is 6.66. The van der Waals surface area contributed by atoms with Crippen LogP contribution in [0.4, 0.5) is 4.39 Å². The average molecular weight is 435 g/mol. The Morgan fingerprint density at radius 2 is 1.88 bits per heavy atom. The van der Waals surface area contributed by atoms with Crippen molar-refractivity contribution in [1.82, 2.24) is 19.6 Å². The molecule has 0 aliphatic rings. The van der Waals surface area contributed by atoms with E-state index in [9.17, 15) is 4.39 Å². The highest BCUT2D eigenvalue weighted by Crippen LogP contribution is 2.29. The molecule has 4 rings (SSSR count). The van der Waals surface area contributed by atoms with Gasteiger partial charge < -0.3 is 9.47 Å². The van der Waals surface area contributed by atoms with Crippen LogP contribution in [0.5, 0.6) is 5.88 Å². The Balaban J connectivity index is 1.66. The van der Waals surface area contributed by atoms with Crippen LogP contribution in [-0.4, -0.2) is 26.7 Å². The van der Waals surface area contributed by atoms with Crippen LogP contribution in [0.3, 0.4) is 0 Å². The van der Waals surface area contributed by atoms with Gasteiger partial charge in [-0.1, -0.05) is 30.3 Å². The molecule has 32 heavy (non-hydrogen) atoms. The molecule has 0 bridgehead atoms. The minimum atomic E-state index is -0.341. The van der Waals surface area contributed by atoms with Gasteiger partial charge in [0.05, 0.1) is 37.4 Å². The summed E-state index contributed by atoms with van der Waals surface area (Å²) in [7, 11) is 1.59. The number of methoxy groups -OCH3 is 1. The van der Waals surface area contributed by atoms with Crippen LogP contribution in [0.1, 0.15) is 42.3 Å². The lowest BCUT2D eigenvalue weighted by Gasteiger charge is -2.19. The van der Waals surface area contributed by atoms with Crippen LogP contribution in [-0.2, 0) is 24.3 Å². The van der Waals surface area contributed by atoms with Crippen molar-refractivity contribution in [3.05, 3.63) is 95.2 Å². The molecular formula is C25H27FN4O2. The van der Waals surface area contributed by atoms with Gasteiger partial charge in [0.25, 0.3) is 0 Å². The van der Waals surface area contributed by atoms with E-state index in [4.69, 9.17) is 9.47 Å². The molecule has 0 amide bonds. The van der Waals surface area contributed by atoms with Gasteiger partial charge in [-0.3, -0.25) is 4.68 Å². The van der Waals surface area contributed by atoms with E-state index >= 15 is 0 Å². The van der Waals surface area contributed by atoms with Crippen LogP contribution in [0, 0.1) is 5.82 Å². The first-order valence-corrected chi connectivity index (χ1v) is 10.7. The van der Waals surface area contributed by atoms with Crippen molar-refractivity contribution in [3.63, 3.8) is 0 Å². The molecule has 2 aromatic carbocycles. The van der Waals surface area contributed by atoms with E-state index in [0.717, 1.165) is 34.6 Å². The number of hydrogen-bond acceptors (Lipinski definition) is 4. The van der Waals surface area contributed by atoms with Crippen molar-refractivity contribution >= 4 is 0 Å². The summed E-state index contributed by atoms with van der Waals surface area (Å²) in [5.41, 5.74) is 4.52. The van der Waals surface area contributed by atoms with Gasteiger partial charge in [-0.05, 0) is 43.2 Å². The van der Waals surface area contributed by atoms with Gasteiger partial charge in [0.1, 0.15) is 5.82 Å². The number of hydrogen-bond donors (Lipinski definition) is 0. The topological polar surface area (TPSA) is 54.1 Å². The number of halogens is 1. The van der Waals surface area contributed by atoms with E-state index in [-0.39, 0.29) is 11.9 Å². The van der Waals surface area contributed by atoms with Gasteiger partial charge >= 0.3 is 0 Å². The first-order chi connectivity index (χ1) is 15.6. The third-order valence-corrected chi connectivity index (χ3v) is 5.36. The number of benzene rings is 2. The molecule has 7 heteroatoms. The zero-order valence-corrected chi connectivity index (χ0v) is 18.5. The second kappa shape index (κ2) is 9.78. The Hall–Kier alpha value is -3.45. The van der Waals surface area contributed by atoms with Crippen molar-refractivity contribution in [2.45, 2.75) is 39.5 Å². The average Bonchev–Trinajstić information content (AvgIpc) is 3.45. The van der Waals surface area contributed by atoms with Crippen molar-refractivity contribution in [3.8, 4) is 11.6 Å². The molecule has 0 fully saturated rings. The van der Waals surface area contributed by atoms with Gasteiger partial charge in [0.2, 0.25) is 5.88 Å². The van der Waals surface area contributed by atoms with Crippen molar-refractivity contribution < 1.29 is 13.9 Å². The molecule has 0 N–H and O–H groups in total. The lowest BCUT2D eigenvalue weighted by molar-refractivity contribution is 0.0522. The van der Waals surface area contributed by atoms with Crippen molar-refractivity contribution in [2.24, 2.45) is 0 Å². The smallest absolute Gasteiger partial charge is 0.233 e. The zero-order chi connectivity index (χ0) is 22.5. The number of aromatic nitrogens is 4. The molecule has 0 spiro atoms. The fourth-order valence-corrected chi connectivity index (χ4v) is 3.64. The quantitative estimate of drug-likeness (QED) is 0.368. The van der Waals surface area contributed by atoms with E-state index in [0.29, 0.717) is 18.9 Å². The molecule has 6 nitrogen and oxygen atoms in total. The molecule has 0 aliphatic carbocycles. The lowest BCUT2D eigenvalue weighted by atomic mass is 10.1. The minimum absolute atomic E-state index is 0.316. The lowest BCUT2D eigenvalue weighted by Crippen LogP contribution is -2.10. The standard InChI is InChI=1S/C25H27FN4O2/c1-4-29-16-20(15-27-29)12-22-14-25(31-3)28-30(22)24-11-10-21(26)13-23(24)18(2)32-17-19-8-6-5-7-9-19/h5-11,13-16,18H,4,12,17H2,1-3H3/t18-/m1/s1. The summed E-state index contributed by atoms with van der Waals surface area (Å²) in [6.45, 7) is 5.21. The molecule has 2 aromatic heterocycles. The molecule has 0 saturated carbocycles. The van der Waals surface area contributed by atoms with E-state index in [2.05, 4.69) is 10.2 Å². The molecule has 0 unspecified atom stereocenters. The molecule has 0 radical (unpaired) electrons. The van der Waals surface area contributed by atoms with Gasteiger partial charge in [-0.25, -0.2) is 9.07 Å². The molecule has 2 heterocycles. The summed E-state index contributed by atoms with van der Waals surface area (Å²) >= 11 is 0. The molecule has 1 atom stereocenters. The van der Waals surface area contributed by atoms with E-state index in [1.54, 1.807) is 17.9 Å². The highest BCUT2D eigenvalue weighted by Gasteiger charge is 2.19. The molecule has 4 aromatic rings. The highest BCUT2D eigenvalue weighted by atomic mass is 19.1. The van der Waals surface area contributed by atoms with E-state index < -0.39 is 0 Å². The van der Waals surface area contributed by atoms with E-state index in [1.807, 2.05) is 67.3 Å². The van der Waals surface area contributed by atoms with Crippen LogP contribution < -0.4 is 4.74 Å². The second-order valence-electron chi connectivity index (χ2n) is 7.61. The maximum atomic E-state index is 14.2. The largest absolute Gasteiger partial charge is 0.480 e. The fourth-order valence-electron chi connectivity index (χ4n) is 3.64. The number of rotatable bonds is 9. The van der Waals surface area contributed by atoms with Crippen molar-refractivity contribution in [2.75, 3.05) is 7.11 Å².